The van der Waals surface area contributed by atoms with E-state index in [1.165, 1.54) is 0 Å². The molecule has 1 radical (unpaired) electrons. The Balaban J connectivity index is 2.44. The maximum absolute atomic E-state index is 13.5. The van der Waals surface area contributed by atoms with Crippen molar-refractivity contribution in [1.29, 1.82) is 0 Å². The first-order valence-electron chi connectivity index (χ1n) is 13.0. The van der Waals surface area contributed by atoms with Gasteiger partial charge in [0, 0.05) is 30.6 Å². The number of ether oxygens (including phenoxy) is 1. The van der Waals surface area contributed by atoms with Crippen LogP contribution in [0, 0.1) is 0 Å². The summed E-state index contributed by atoms with van der Waals surface area (Å²) in [6.45, 7) is 17.8. The minimum absolute atomic E-state index is 0.0684. The largest absolute Gasteiger partial charge is 0.444 e. The van der Waals surface area contributed by atoms with Crippen molar-refractivity contribution in [2.45, 2.75) is 98.4 Å². The normalized spacial score (nSPS) is 14.1. The molecule has 8 nitrogen and oxygen atoms in total. The lowest BCUT2D eigenvalue weighted by Crippen LogP contribution is -2.49. The van der Waals surface area contributed by atoms with E-state index in [4.69, 9.17) is 14.4 Å². The predicted molar refractivity (Wildman–Crippen MR) is 150 cm³/mol. The average Bonchev–Trinajstić information content (AvgIpc) is 2.93. The Labute approximate surface area is 222 Å². The molecule has 0 unspecified atom stereocenters. The number of rotatable bonds is 9. The summed E-state index contributed by atoms with van der Waals surface area (Å²) in [6.07, 6.45) is 3.09. The van der Waals surface area contributed by atoms with Gasteiger partial charge in [-0.25, -0.2) is 9.79 Å². The Morgan fingerprint density at radius 3 is 2.24 bits per heavy atom. The first-order valence-corrected chi connectivity index (χ1v) is 13.0. The molecule has 1 aromatic rings. The number of carbonyl (C=O) groups excluding carboxylic acids is 2. The van der Waals surface area contributed by atoms with Crippen LogP contribution in [-0.4, -0.2) is 65.2 Å². The Morgan fingerprint density at radius 2 is 1.70 bits per heavy atom. The van der Waals surface area contributed by atoms with Crippen LogP contribution in [-0.2, 0) is 14.2 Å². The zero-order valence-corrected chi connectivity index (χ0v) is 23.9. The molecule has 2 rings (SSSR count). The molecule has 1 heterocycles. The van der Waals surface area contributed by atoms with Crippen LogP contribution in [0.15, 0.2) is 28.8 Å². The van der Waals surface area contributed by atoms with Gasteiger partial charge < -0.3 is 19.4 Å². The third-order valence-electron chi connectivity index (χ3n) is 6.15. The van der Waals surface area contributed by atoms with Gasteiger partial charge in [0.25, 0.3) is 0 Å². The van der Waals surface area contributed by atoms with E-state index >= 15 is 0 Å². The highest BCUT2D eigenvalue weighted by molar-refractivity contribution is 6.47. The molecule has 0 atom stereocenters. The van der Waals surface area contributed by atoms with Gasteiger partial charge in [-0.3, -0.25) is 10.1 Å². The molecule has 1 aliphatic rings. The van der Waals surface area contributed by atoms with E-state index in [2.05, 4.69) is 5.32 Å². The molecular weight excluding hydrogens is 469 g/mol. The summed E-state index contributed by atoms with van der Waals surface area (Å²) >= 11 is 0. The van der Waals surface area contributed by atoms with Crippen molar-refractivity contribution in [3.63, 3.8) is 0 Å². The Hall–Kier alpha value is -2.65. The fourth-order valence-electron chi connectivity index (χ4n) is 3.51. The number of carbonyl (C=O) groups is 2. The second kappa shape index (κ2) is 12.3. The Kier molecular flexibility index (Phi) is 10.1. The van der Waals surface area contributed by atoms with Crippen LogP contribution in [0.2, 0.25) is 0 Å². The molecule has 1 aromatic carbocycles. The minimum atomic E-state index is -1.06. The predicted octanol–water partition coefficient (Wildman–Crippen LogP) is 4.49. The lowest BCUT2D eigenvalue weighted by molar-refractivity contribution is -0.127. The van der Waals surface area contributed by atoms with Crippen LogP contribution in [0.25, 0.3) is 6.08 Å². The van der Waals surface area contributed by atoms with Crippen molar-refractivity contribution < 1.29 is 24.1 Å². The molecule has 37 heavy (non-hydrogen) atoms. The highest BCUT2D eigenvalue weighted by Gasteiger charge is 2.35. The van der Waals surface area contributed by atoms with Crippen LogP contribution in [0.5, 0.6) is 0 Å². The van der Waals surface area contributed by atoms with Gasteiger partial charge in [-0.05, 0) is 73.5 Å². The summed E-state index contributed by atoms with van der Waals surface area (Å²) in [6, 6.07) is 5.57. The van der Waals surface area contributed by atoms with Crippen molar-refractivity contribution >= 4 is 42.5 Å². The second-order valence-corrected chi connectivity index (χ2v) is 11.4. The molecule has 0 saturated heterocycles. The molecule has 0 bridgehead atoms. The fraction of sp³-hybridized carbons (Fsp3) is 0.607. The van der Waals surface area contributed by atoms with E-state index in [-0.39, 0.29) is 12.3 Å². The molecule has 0 spiro atoms. The lowest BCUT2D eigenvalue weighted by Gasteiger charge is -2.37. The maximum Gasteiger partial charge on any atom is 0.413 e. The number of fused-ring (bicyclic) bond motifs is 1. The number of alkyl carbamates (subject to hydrolysis) is 1. The molecule has 0 saturated carbocycles. The highest BCUT2D eigenvalue weighted by atomic mass is 16.6. The van der Waals surface area contributed by atoms with E-state index < -0.39 is 22.9 Å². The number of amidine groups is 1. The van der Waals surface area contributed by atoms with Gasteiger partial charge in [0.2, 0.25) is 5.91 Å². The van der Waals surface area contributed by atoms with Crippen LogP contribution in [0.4, 0.5) is 10.5 Å². The number of aliphatic imine (C=N–C) groups is 1. The van der Waals surface area contributed by atoms with E-state index in [9.17, 15) is 14.7 Å². The van der Waals surface area contributed by atoms with Crippen molar-refractivity contribution in [2.75, 3.05) is 13.1 Å². The zero-order chi connectivity index (χ0) is 28.0. The number of aliphatic hydroxyl groups is 1. The number of nitrogens with zero attached hydrogens (tertiary/aromatic N) is 2. The fourth-order valence-corrected chi connectivity index (χ4v) is 3.51. The molecule has 9 heteroatoms. The Bertz CT molecular complexity index is 1030. The monoisotopic (exact) mass is 512 g/mol. The maximum atomic E-state index is 13.5. The molecule has 0 aromatic heterocycles. The summed E-state index contributed by atoms with van der Waals surface area (Å²) in [7, 11) is 1.58. The summed E-state index contributed by atoms with van der Waals surface area (Å²) in [5, 5.41) is 13.1. The highest BCUT2D eigenvalue weighted by Crippen LogP contribution is 2.28. The third kappa shape index (κ3) is 9.00. The minimum Gasteiger partial charge on any atom is -0.444 e. The van der Waals surface area contributed by atoms with Gasteiger partial charge in [-0.15, -0.1) is 0 Å². The topological polar surface area (TPSA) is 100 Å². The SMILES string of the molecule is CCCN(CCC)C(=O)C1=Cc2ccc([B]OC(C)(C)C(C)(C)O)cc2N=C(NC(=O)OC(C)(C)C)C1. The number of nitrogens with one attached hydrogen (secondary N) is 1. The van der Waals surface area contributed by atoms with Crippen molar-refractivity contribution in [3.8, 4) is 0 Å². The van der Waals surface area contributed by atoms with E-state index in [1.54, 1.807) is 42.1 Å². The van der Waals surface area contributed by atoms with Crippen LogP contribution in [0.3, 0.4) is 0 Å². The van der Waals surface area contributed by atoms with E-state index in [1.807, 2.05) is 56.9 Å². The molecule has 0 fully saturated rings. The van der Waals surface area contributed by atoms with Gasteiger partial charge >= 0.3 is 13.6 Å². The van der Waals surface area contributed by atoms with Crippen molar-refractivity contribution in [3.05, 3.63) is 29.3 Å². The van der Waals surface area contributed by atoms with Gasteiger partial charge in [0.15, 0.2) is 0 Å². The number of amides is 2. The van der Waals surface area contributed by atoms with Crippen molar-refractivity contribution in [2.24, 2.45) is 4.99 Å². The first-order chi connectivity index (χ1) is 17.1. The van der Waals surface area contributed by atoms with Crippen LogP contribution < -0.4 is 10.8 Å². The third-order valence-corrected chi connectivity index (χ3v) is 6.15. The van der Waals surface area contributed by atoms with Gasteiger partial charge in [-0.2, -0.15) is 0 Å². The summed E-state index contributed by atoms with van der Waals surface area (Å²) in [5.74, 6) is 0.261. The van der Waals surface area contributed by atoms with Crippen LogP contribution >= 0.6 is 0 Å². The smallest absolute Gasteiger partial charge is 0.413 e. The summed E-state index contributed by atoms with van der Waals surface area (Å²) < 4.78 is 11.3. The summed E-state index contributed by atoms with van der Waals surface area (Å²) in [4.78, 5) is 32.6. The molecule has 2 amide bonds. The van der Waals surface area contributed by atoms with Crippen molar-refractivity contribution in [1.82, 2.24) is 10.2 Å². The van der Waals surface area contributed by atoms with Gasteiger partial charge in [0.1, 0.15) is 11.4 Å². The van der Waals surface area contributed by atoms with E-state index in [0.717, 1.165) is 23.9 Å². The molecule has 1 aliphatic heterocycles. The van der Waals surface area contributed by atoms with Gasteiger partial charge in [-0.1, -0.05) is 31.4 Å². The quantitative estimate of drug-likeness (QED) is 0.475. The van der Waals surface area contributed by atoms with E-state index in [0.29, 0.717) is 30.2 Å². The average molecular weight is 512 g/mol. The zero-order valence-electron chi connectivity index (χ0n) is 23.9. The van der Waals surface area contributed by atoms with Gasteiger partial charge in [0.05, 0.1) is 16.9 Å². The van der Waals surface area contributed by atoms with Crippen LogP contribution in [0.1, 0.15) is 87.1 Å². The Morgan fingerprint density at radius 1 is 1.08 bits per heavy atom. The molecule has 203 valence electrons. The lowest BCUT2D eigenvalue weighted by atomic mass is 9.82. The first kappa shape index (κ1) is 30.6. The summed E-state index contributed by atoms with van der Waals surface area (Å²) in [5.41, 5.74) is 0.0751. The molecule has 2 N–H and O–H groups in total. The number of hydrogen-bond acceptors (Lipinski definition) is 6. The standard InChI is InChI=1S/C28H43BN3O5/c1-10-14-32(15-11-2)24(33)20-16-19-12-13-21(29-37-28(8,9)27(6,7)35)18-22(19)30-23(17-20)31-25(34)36-26(3,4)5/h12-13,16,18,35H,10-11,14-15,17H2,1-9H3,(H,30,31,34). The molecule has 0 aliphatic carbocycles. The molecular formula is C28H43BN3O5. The number of benzene rings is 1. The second-order valence-electron chi connectivity index (χ2n) is 11.4. The number of hydrogen-bond donors (Lipinski definition) is 2.